The predicted molar refractivity (Wildman–Crippen MR) is 150 cm³/mol. The van der Waals surface area contributed by atoms with Gasteiger partial charge in [-0.1, -0.05) is 106 Å². The zero-order valence-electron chi connectivity index (χ0n) is 23.0. The number of aromatic nitrogens is 1. The van der Waals surface area contributed by atoms with E-state index < -0.39 is 0 Å². The minimum absolute atomic E-state index is 0.429. The number of para-hydroxylation sites is 1. The number of hydrogen-bond donors (Lipinski definition) is 1. The van der Waals surface area contributed by atoms with Crippen LogP contribution in [0, 0.1) is 0 Å². The Morgan fingerprint density at radius 1 is 0.559 bits per heavy atom. The summed E-state index contributed by atoms with van der Waals surface area (Å²) in [4.78, 5) is 5.19. The van der Waals surface area contributed by atoms with E-state index in [-0.39, 0.29) is 0 Å². The van der Waals surface area contributed by atoms with Crippen molar-refractivity contribution in [3.05, 3.63) is 76.3 Å². The average molecular weight is 457 g/mol. The number of rotatable bonds is 8. The van der Waals surface area contributed by atoms with Gasteiger partial charge in [0.2, 0.25) is 0 Å². The monoisotopic (exact) mass is 456 g/mol. The van der Waals surface area contributed by atoms with Crippen molar-refractivity contribution in [2.75, 3.05) is 5.32 Å². The number of pyridine rings is 1. The summed E-state index contributed by atoms with van der Waals surface area (Å²) < 4.78 is 0. The van der Waals surface area contributed by atoms with Crippen LogP contribution in [0.4, 0.5) is 11.5 Å². The second-order valence-corrected chi connectivity index (χ2v) is 11.2. The molecule has 0 unspecified atom stereocenters. The fraction of sp³-hybridized carbons (Fsp3) is 0.469. The molecule has 0 aliphatic carbocycles. The van der Waals surface area contributed by atoms with E-state index in [0.29, 0.717) is 29.6 Å². The van der Waals surface area contributed by atoms with Gasteiger partial charge in [-0.15, -0.1) is 0 Å². The quantitative estimate of drug-likeness (QED) is 0.364. The molecule has 1 N–H and O–H groups in total. The molecule has 0 saturated carbocycles. The minimum atomic E-state index is 0.429. The topological polar surface area (TPSA) is 24.9 Å². The lowest BCUT2D eigenvalue weighted by Crippen LogP contribution is -2.07. The second-order valence-electron chi connectivity index (χ2n) is 11.2. The summed E-state index contributed by atoms with van der Waals surface area (Å²) in [5.74, 6) is 3.15. The summed E-state index contributed by atoms with van der Waals surface area (Å²) in [6, 6.07) is 17.9. The van der Waals surface area contributed by atoms with Gasteiger partial charge in [0.25, 0.3) is 0 Å². The smallest absolute Gasteiger partial charge is 0.131 e. The molecule has 0 amide bonds. The number of nitrogens with zero attached hydrogens (tertiary/aromatic N) is 1. The molecule has 3 rings (SSSR count). The van der Waals surface area contributed by atoms with Crippen LogP contribution >= 0.6 is 0 Å². The maximum absolute atomic E-state index is 5.19. The van der Waals surface area contributed by atoms with Crippen molar-refractivity contribution >= 4 is 11.5 Å². The summed E-state index contributed by atoms with van der Waals surface area (Å²) in [6.45, 7) is 22.8. The molecule has 0 aliphatic heterocycles. The van der Waals surface area contributed by atoms with Crippen molar-refractivity contribution in [1.29, 1.82) is 0 Å². The van der Waals surface area contributed by atoms with Gasteiger partial charge in [0.1, 0.15) is 5.82 Å². The normalized spacial score (nSPS) is 12.0. The van der Waals surface area contributed by atoms with E-state index in [1.54, 1.807) is 0 Å². The van der Waals surface area contributed by atoms with Gasteiger partial charge in [0.15, 0.2) is 0 Å². The summed E-state index contributed by atoms with van der Waals surface area (Å²) in [5.41, 5.74) is 10.4. The minimum Gasteiger partial charge on any atom is -0.340 e. The molecule has 0 spiro atoms. The van der Waals surface area contributed by atoms with Gasteiger partial charge in [-0.25, -0.2) is 4.98 Å². The van der Waals surface area contributed by atoms with Crippen LogP contribution in [0.5, 0.6) is 0 Å². The Balaban J connectivity index is 2.17. The van der Waals surface area contributed by atoms with Crippen LogP contribution in [0.1, 0.15) is 127 Å². The van der Waals surface area contributed by atoms with Crippen molar-refractivity contribution < 1.29 is 0 Å². The van der Waals surface area contributed by atoms with Crippen LogP contribution in [0.25, 0.3) is 11.3 Å². The summed E-state index contributed by atoms with van der Waals surface area (Å²) in [5, 5.41) is 3.73. The SMILES string of the molecule is CC(C)c1cc(C(C)C)c(-c2cccc(Nc3c(C(C)C)cccc3C(C)C)n2)c(C(C)C)c1. The summed E-state index contributed by atoms with van der Waals surface area (Å²) in [7, 11) is 0. The second kappa shape index (κ2) is 10.8. The Labute approximate surface area is 208 Å². The van der Waals surface area contributed by atoms with Gasteiger partial charge in [-0.2, -0.15) is 0 Å². The predicted octanol–water partition coefficient (Wildman–Crippen LogP) is 10.1. The third kappa shape index (κ3) is 5.54. The highest BCUT2D eigenvalue weighted by Gasteiger charge is 2.20. The molecule has 0 radical (unpaired) electrons. The average Bonchev–Trinajstić information content (AvgIpc) is 2.77. The maximum atomic E-state index is 5.19. The lowest BCUT2D eigenvalue weighted by molar-refractivity contribution is 0.806. The molecule has 2 nitrogen and oxygen atoms in total. The Morgan fingerprint density at radius 3 is 1.47 bits per heavy atom. The van der Waals surface area contributed by atoms with E-state index in [4.69, 9.17) is 4.98 Å². The van der Waals surface area contributed by atoms with E-state index in [2.05, 4.69) is 123 Å². The number of anilines is 2. The molecule has 0 atom stereocenters. The van der Waals surface area contributed by atoms with Crippen molar-refractivity contribution in [3.63, 3.8) is 0 Å². The van der Waals surface area contributed by atoms with Gasteiger partial charge in [-0.3, -0.25) is 0 Å². The Bertz CT molecular complexity index is 1060. The Morgan fingerprint density at radius 2 is 1.03 bits per heavy atom. The molecule has 0 bridgehead atoms. The van der Waals surface area contributed by atoms with Crippen LogP contribution < -0.4 is 5.32 Å². The molecule has 34 heavy (non-hydrogen) atoms. The van der Waals surface area contributed by atoms with E-state index in [1.807, 2.05) is 0 Å². The number of benzene rings is 2. The molecule has 0 fully saturated rings. The van der Waals surface area contributed by atoms with Gasteiger partial charge in [0, 0.05) is 11.3 Å². The highest BCUT2D eigenvalue weighted by atomic mass is 15.0. The van der Waals surface area contributed by atoms with E-state index in [9.17, 15) is 0 Å². The molecule has 1 aromatic heterocycles. The first-order valence-electron chi connectivity index (χ1n) is 13.1. The van der Waals surface area contributed by atoms with Gasteiger partial charge < -0.3 is 5.32 Å². The first-order valence-corrected chi connectivity index (χ1v) is 13.1. The molecular weight excluding hydrogens is 412 g/mol. The molecule has 3 aromatic rings. The van der Waals surface area contributed by atoms with Crippen molar-refractivity contribution in [2.45, 2.75) is 98.8 Å². The largest absolute Gasteiger partial charge is 0.340 e. The Kier molecular flexibility index (Phi) is 8.23. The number of hydrogen-bond acceptors (Lipinski definition) is 2. The van der Waals surface area contributed by atoms with E-state index in [0.717, 1.165) is 11.5 Å². The van der Waals surface area contributed by atoms with Crippen LogP contribution in [0.2, 0.25) is 0 Å². The molecule has 2 aromatic carbocycles. The van der Waals surface area contributed by atoms with Crippen LogP contribution in [-0.4, -0.2) is 4.98 Å². The standard InChI is InChI=1S/C32H44N2/c1-19(2)24-17-27(22(7)8)31(28(18-24)23(9)10)29-15-12-16-30(33-29)34-32-25(20(3)4)13-11-14-26(32)21(5)6/h11-23H,1-10H3,(H,33,34). The highest BCUT2D eigenvalue weighted by Crippen LogP contribution is 2.39. The third-order valence-electron chi connectivity index (χ3n) is 6.76. The first kappa shape index (κ1) is 26.0. The number of nitrogens with one attached hydrogen (secondary N) is 1. The zero-order valence-corrected chi connectivity index (χ0v) is 23.0. The molecule has 0 aliphatic rings. The fourth-order valence-electron chi connectivity index (χ4n) is 4.72. The lowest BCUT2D eigenvalue weighted by atomic mass is 9.83. The fourth-order valence-corrected chi connectivity index (χ4v) is 4.72. The summed E-state index contributed by atoms with van der Waals surface area (Å²) in [6.07, 6.45) is 0. The third-order valence-corrected chi connectivity index (χ3v) is 6.76. The van der Waals surface area contributed by atoms with Gasteiger partial charge in [0.05, 0.1) is 5.69 Å². The van der Waals surface area contributed by atoms with Crippen molar-refractivity contribution in [3.8, 4) is 11.3 Å². The van der Waals surface area contributed by atoms with Gasteiger partial charge in [-0.05, 0) is 69.5 Å². The van der Waals surface area contributed by atoms with Crippen LogP contribution in [-0.2, 0) is 0 Å². The summed E-state index contributed by atoms with van der Waals surface area (Å²) >= 11 is 0. The van der Waals surface area contributed by atoms with Crippen molar-refractivity contribution in [1.82, 2.24) is 4.98 Å². The molecular formula is C32H44N2. The highest BCUT2D eigenvalue weighted by molar-refractivity contribution is 5.73. The molecule has 182 valence electrons. The van der Waals surface area contributed by atoms with Gasteiger partial charge >= 0.3 is 0 Å². The van der Waals surface area contributed by atoms with Crippen molar-refractivity contribution in [2.24, 2.45) is 0 Å². The van der Waals surface area contributed by atoms with Crippen LogP contribution in [0.15, 0.2) is 48.5 Å². The zero-order chi connectivity index (χ0) is 25.2. The Hall–Kier alpha value is -2.61. The molecule has 0 saturated heterocycles. The molecule has 1 heterocycles. The molecule has 2 heteroatoms. The lowest BCUT2D eigenvalue weighted by Gasteiger charge is -2.24. The van der Waals surface area contributed by atoms with E-state index in [1.165, 1.54) is 39.1 Å². The first-order chi connectivity index (χ1) is 16.0. The van der Waals surface area contributed by atoms with Crippen LogP contribution in [0.3, 0.4) is 0 Å². The van der Waals surface area contributed by atoms with E-state index >= 15 is 0 Å². The maximum Gasteiger partial charge on any atom is 0.131 e.